The third-order valence-electron chi connectivity index (χ3n) is 5.56. The minimum absolute atomic E-state index is 0.0520. The molecule has 0 aliphatic rings. The monoisotopic (exact) mass is 438 g/mol. The molecule has 170 valence electrons. The molecule has 2 atom stereocenters. The number of carbonyl (C=O) groups excluding carboxylic acids is 1. The van der Waals surface area contributed by atoms with Crippen LogP contribution in [-0.4, -0.2) is 45.7 Å². The number of aliphatic hydroxyl groups excluding tert-OH is 1. The van der Waals surface area contributed by atoms with Gasteiger partial charge in [-0.3, -0.25) is 9.89 Å². The summed E-state index contributed by atoms with van der Waals surface area (Å²) in [5.41, 5.74) is 4.23. The first-order chi connectivity index (χ1) is 15.4. The molecule has 0 saturated heterocycles. The predicted molar refractivity (Wildman–Crippen MR) is 123 cm³/mol. The summed E-state index contributed by atoms with van der Waals surface area (Å²) in [6.07, 6.45) is 0.812. The van der Waals surface area contributed by atoms with E-state index in [0.717, 1.165) is 29.8 Å². The number of amides is 1. The molecule has 0 fully saturated rings. The van der Waals surface area contributed by atoms with E-state index in [2.05, 4.69) is 15.5 Å². The lowest BCUT2D eigenvalue weighted by Gasteiger charge is -2.23. The number of nitrogens with zero attached hydrogens (tertiary/aromatic N) is 2. The molecule has 0 aliphatic carbocycles. The van der Waals surface area contributed by atoms with Crippen molar-refractivity contribution in [1.82, 2.24) is 20.4 Å². The van der Waals surface area contributed by atoms with Gasteiger partial charge in [-0.2, -0.15) is 5.10 Å². The number of H-pyrrole nitrogens is 1. The van der Waals surface area contributed by atoms with Crippen LogP contribution in [0.25, 0.3) is 0 Å². The Balaban J connectivity index is 1.50. The first-order valence-electron chi connectivity index (χ1n) is 10.9. The van der Waals surface area contributed by atoms with Gasteiger partial charge < -0.3 is 15.3 Å². The van der Waals surface area contributed by atoms with Crippen molar-refractivity contribution in [1.29, 1.82) is 0 Å². The molecule has 6 nitrogen and oxygen atoms in total. The van der Waals surface area contributed by atoms with Crippen LogP contribution in [0.15, 0.2) is 54.6 Å². The zero-order chi connectivity index (χ0) is 23.1. The summed E-state index contributed by atoms with van der Waals surface area (Å²) in [7, 11) is 1.77. The lowest BCUT2D eigenvalue weighted by atomic mass is 10.00. The molecule has 7 heteroatoms. The quantitative estimate of drug-likeness (QED) is 0.450. The number of nitrogens with one attached hydrogen (secondary N) is 2. The summed E-state index contributed by atoms with van der Waals surface area (Å²) in [6.45, 7) is 5.07. The van der Waals surface area contributed by atoms with Crippen LogP contribution in [0.4, 0.5) is 4.39 Å². The van der Waals surface area contributed by atoms with E-state index in [-0.39, 0.29) is 17.8 Å². The SMILES string of the molecule is CCC(NCCc1ccc(C(=O)N(C)Cc2cc(C)[nH]n2)cc1)C(O)c1ccc(F)cc1. The number of carbonyl (C=O) groups is 1. The second kappa shape index (κ2) is 11.0. The van der Waals surface area contributed by atoms with E-state index in [1.165, 1.54) is 12.1 Å². The molecule has 0 bridgehead atoms. The van der Waals surface area contributed by atoms with Gasteiger partial charge in [0.25, 0.3) is 5.91 Å². The van der Waals surface area contributed by atoms with Crippen molar-refractivity contribution in [3.8, 4) is 0 Å². The molecule has 0 spiro atoms. The molecule has 0 radical (unpaired) electrons. The second-order valence-electron chi connectivity index (χ2n) is 8.12. The summed E-state index contributed by atoms with van der Waals surface area (Å²) in [5.74, 6) is -0.366. The van der Waals surface area contributed by atoms with E-state index in [1.807, 2.05) is 44.2 Å². The number of hydrogen-bond acceptors (Lipinski definition) is 4. The van der Waals surface area contributed by atoms with Gasteiger partial charge >= 0.3 is 0 Å². The Hall–Kier alpha value is -3.03. The smallest absolute Gasteiger partial charge is 0.253 e. The van der Waals surface area contributed by atoms with E-state index < -0.39 is 6.10 Å². The average molecular weight is 439 g/mol. The summed E-state index contributed by atoms with van der Waals surface area (Å²) < 4.78 is 13.1. The van der Waals surface area contributed by atoms with Crippen molar-refractivity contribution < 1.29 is 14.3 Å². The first-order valence-corrected chi connectivity index (χ1v) is 10.9. The normalized spacial score (nSPS) is 13.0. The second-order valence-corrected chi connectivity index (χ2v) is 8.12. The van der Waals surface area contributed by atoms with Gasteiger partial charge in [0, 0.05) is 24.3 Å². The number of rotatable bonds is 10. The van der Waals surface area contributed by atoms with E-state index in [9.17, 15) is 14.3 Å². The topological polar surface area (TPSA) is 81.2 Å². The molecule has 3 rings (SSSR count). The molecule has 3 N–H and O–H groups in total. The number of aryl methyl sites for hydroxylation is 1. The number of halogens is 1. The average Bonchev–Trinajstić information content (AvgIpc) is 3.21. The van der Waals surface area contributed by atoms with Gasteiger partial charge in [-0.25, -0.2) is 4.39 Å². The van der Waals surface area contributed by atoms with Crippen molar-refractivity contribution in [2.24, 2.45) is 0 Å². The largest absolute Gasteiger partial charge is 0.387 e. The Bertz CT molecular complexity index is 1000. The molecule has 32 heavy (non-hydrogen) atoms. The molecule has 3 aromatic rings. The molecule has 2 aromatic carbocycles. The Morgan fingerprint density at radius 2 is 1.88 bits per heavy atom. The van der Waals surface area contributed by atoms with E-state index in [0.29, 0.717) is 24.2 Å². The van der Waals surface area contributed by atoms with Gasteiger partial charge in [-0.1, -0.05) is 31.2 Å². The van der Waals surface area contributed by atoms with Crippen molar-refractivity contribution in [3.05, 3.63) is 88.5 Å². The van der Waals surface area contributed by atoms with Gasteiger partial charge in [-0.15, -0.1) is 0 Å². The van der Waals surface area contributed by atoms with Crippen LogP contribution in [0.1, 0.15) is 52.3 Å². The molecule has 0 saturated carbocycles. The van der Waals surface area contributed by atoms with Crippen molar-refractivity contribution >= 4 is 5.91 Å². The standard InChI is InChI=1S/C25H31FN4O2/c1-4-23(24(31)19-9-11-21(26)12-10-19)27-14-13-18-5-7-20(8-6-18)25(32)30(3)16-22-15-17(2)28-29-22/h5-12,15,23-24,27,31H,4,13-14,16H2,1-3H3,(H,28,29). The van der Waals surface area contributed by atoms with Crippen molar-refractivity contribution in [2.75, 3.05) is 13.6 Å². The third kappa shape index (κ3) is 6.24. The van der Waals surface area contributed by atoms with Gasteiger partial charge in [0.1, 0.15) is 5.82 Å². The van der Waals surface area contributed by atoms with Crippen molar-refractivity contribution in [3.63, 3.8) is 0 Å². The van der Waals surface area contributed by atoms with Crippen LogP contribution in [0.2, 0.25) is 0 Å². The van der Waals surface area contributed by atoms with Crippen LogP contribution in [0.5, 0.6) is 0 Å². The summed E-state index contributed by atoms with van der Waals surface area (Å²) in [4.78, 5) is 14.3. The lowest BCUT2D eigenvalue weighted by Crippen LogP contribution is -2.35. The van der Waals surface area contributed by atoms with Gasteiger partial charge in [0.15, 0.2) is 0 Å². The highest BCUT2D eigenvalue weighted by Crippen LogP contribution is 2.19. The molecular weight excluding hydrogens is 407 g/mol. The highest BCUT2D eigenvalue weighted by Gasteiger charge is 2.19. The fourth-order valence-electron chi connectivity index (χ4n) is 3.68. The molecule has 1 amide bonds. The van der Waals surface area contributed by atoms with Crippen LogP contribution < -0.4 is 5.32 Å². The summed E-state index contributed by atoms with van der Waals surface area (Å²) in [5, 5.41) is 21.0. The minimum Gasteiger partial charge on any atom is -0.387 e. The van der Waals surface area contributed by atoms with Crippen molar-refractivity contribution in [2.45, 2.75) is 45.4 Å². The van der Waals surface area contributed by atoms with Gasteiger partial charge in [0.05, 0.1) is 18.3 Å². The van der Waals surface area contributed by atoms with Crippen LogP contribution in [0, 0.1) is 12.7 Å². The highest BCUT2D eigenvalue weighted by molar-refractivity contribution is 5.94. The van der Waals surface area contributed by atoms with Crippen LogP contribution in [-0.2, 0) is 13.0 Å². The fraction of sp³-hybridized carbons (Fsp3) is 0.360. The summed E-state index contributed by atoms with van der Waals surface area (Å²) in [6, 6.07) is 15.4. The van der Waals surface area contributed by atoms with E-state index >= 15 is 0 Å². The maximum Gasteiger partial charge on any atom is 0.253 e. The number of benzene rings is 2. The van der Waals surface area contributed by atoms with Gasteiger partial charge in [0.2, 0.25) is 0 Å². The molecule has 1 heterocycles. The number of hydrogen-bond donors (Lipinski definition) is 3. The fourth-order valence-corrected chi connectivity index (χ4v) is 3.68. The van der Waals surface area contributed by atoms with Crippen LogP contribution >= 0.6 is 0 Å². The Morgan fingerprint density at radius 1 is 1.19 bits per heavy atom. The maximum atomic E-state index is 13.1. The molecule has 0 aliphatic heterocycles. The third-order valence-corrected chi connectivity index (χ3v) is 5.56. The Kier molecular flexibility index (Phi) is 8.14. The molecule has 2 unspecified atom stereocenters. The zero-order valence-electron chi connectivity index (χ0n) is 18.8. The Morgan fingerprint density at radius 3 is 2.47 bits per heavy atom. The van der Waals surface area contributed by atoms with E-state index in [4.69, 9.17) is 0 Å². The van der Waals surface area contributed by atoms with Crippen LogP contribution in [0.3, 0.4) is 0 Å². The summed E-state index contributed by atoms with van der Waals surface area (Å²) >= 11 is 0. The Labute approximate surface area is 188 Å². The maximum absolute atomic E-state index is 13.1. The molecule has 1 aromatic heterocycles. The minimum atomic E-state index is -0.700. The predicted octanol–water partition coefficient (Wildman–Crippen LogP) is 3.77. The van der Waals surface area contributed by atoms with E-state index in [1.54, 1.807) is 24.1 Å². The van der Waals surface area contributed by atoms with Gasteiger partial charge in [-0.05, 0) is 67.8 Å². The lowest BCUT2D eigenvalue weighted by molar-refractivity contribution is 0.0783. The number of aliphatic hydroxyl groups is 1. The first kappa shape index (κ1) is 23.6. The number of aromatic amines is 1. The molecular formula is C25H31FN4O2. The zero-order valence-corrected chi connectivity index (χ0v) is 18.8. The number of aromatic nitrogens is 2. The highest BCUT2D eigenvalue weighted by atomic mass is 19.1.